The first-order chi connectivity index (χ1) is 12.0. The number of anilines is 2. The molecule has 3 aromatic rings. The van der Waals surface area contributed by atoms with Crippen LogP contribution in [0.15, 0.2) is 42.5 Å². The van der Waals surface area contributed by atoms with Crippen molar-refractivity contribution in [3.63, 3.8) is 0 Å². The monoisotopic (exact) mass is 395 g/mol. The number of ether oxygens (including phenoxy) is 1. The van der Waals surface area contributed by atoms with Crippen molar-refractivity contribution < 1.29 is 9.53 Å². The number of hydrogen-bond donors (Lipinski definition) is 1. The first-order valence-electron chi connectivity index (χ1n) is 7.48. The van der Waals surface area contributed by atoms with Gasteiger partial charge in [-0.3, -0.25) is 5.32 Å². The van der Waals surface area contributed by atoms with E-state index in [4.69, 9.17) is 27.9 Å². The molecular weight excluding hydrogens is 381 g/mol. The van der Waals surface area contributed by atoms with Gasteiger partial charge in [-0.25, -0.2) is 9.78 Å². The largest absolute Gasteiger partial charge is 0.447 e. The van der Waals surface area contributed by atoms with Gasteiger partial charge in [0.25, 0.3) is 0 Å². The van der Waals surface area contributed by atoms with Crippen molar-refractivity contribution >= 4 is 61.7 Å². The molecule has 0 bridgehead atoms. The third-order valence-corrected chi connectivity index (χ3v) is 5.05. The van der Waals surface area contributed by atoms with Gasteiger partial charge in [0.15, 0.2) is 5.13 Å². The lowest BCUT2D eigenvalue weighted by Crippen LogP contribution is -2.25. The maximum Gasteiger partial charge on any atom is 0.411 e. The van der Waals surface area contributed by atoms with Gasteiger partial charge in [-0.15, -0.1) is 0 Å². The van der Waals surface area contributed by atoms with Gasteiger partial charge in [0.2, 0.25) is 0 Å². The molecule has 0 aliphatic carbocycles. The highest BCUT2D eigenvalue weighted by molar-refractivity contribution is 7.22. The number of hydrogen-bond acceptors (Lipinski definition) is 5. The molecule has 3 rings (SSSR count). The topological polar surface area (TPSA) is 54.5 Å². The summed E-state index contributed by atoms with van der Waals surface area (Å²) < 4.78 is 6.26. The van der Waals surface area contributed by atoms with E-state index in [1.807, 2.05) is 30.1 Å². The Kier molecular flexibility index (Phi) is 5.63. The number of amides is 1. The summed E-state index contributed by atoms with van der Waals surface area (Å²) in [6.45, 7) is 0.772. The Labute approximate surface area is 159 Å². The number of nitrogens with one attached hydrogen (secondary N) is 1. The zero-order valence-corrected chi connectivity index (χ0v) is 15.7. The Morgan fingerprint density at radius 2 is 1.92 bits per heavy atom. The molecule has 0 radical (unpaired) electrons. The average Bonchev–Trinajstić information content (AvgIpc) is 3.00. The maximum atomic E-state index is 11.8. The Balaban J connectivity index is 1.50. The summed E-state index contributed by atoms with van der Waals surface area (Å²) >= 11 is 13.3. The van der Waals surface area contributed by atoms with Gasteiger partial charge >= 0.3 is 6.09 Å². The standard InChI is InChI=1S/C17H15Cl2N3O2S/c1-22(16-21-14-10-12(19)4-7-15(14)25-16)8-9-24-17(23)20-13-5-2-11(18)3-6-13/h2-7,10H,8-9H2,1H3,(H,20,23). The first-order valence-corrected chi connectivity index (χ1v) is 9.05. The van der Waals surface area contributed by atoms with Crippen molar-refractivity contribution in [3.05, 3.63) is 52.5 Å². The van der Waals surface area contributed by atoms with Crippen molar-refractivity contribution in [3.8, 4) is 0 Å². The number of halogens is 2. The maximum absolute atomic E-state index is 11.8. The van der Waals surface area contributed by atoms with E-state index in [0.717, 1.165) is 15.3 Å². The highest BCUT2D eigenvalue weighted by atomic mass is 35.5. The molecule has 25 heavy (non-hydrogen) atoms. The van der Waals surface area contributed by atoms with E-state index in [1.54, 1.807) is 35.6 Å². The van der Waals surface area contributed by atoms with E-state index >= 15 is 0 Å². The fourth-order valence-electron chi connectivity index (χ4n) is 2.11. The van der Waals surface area contributed by atoms with Crippen LogP contribution in [0.4, 0.5) is 15.6 Å². The fraction of sp³-hybridized carbons (Fsp3) is 0.176. The van der Waals surface area contributed by atoms with Crippen LogP contribution in [0.3, 0.4) is 0 Å². The van der Waals surface area contributed by atoms with E-state index in [2.05, 4.69) is 10.3 Å². The molecule has 0 spiro atoms. The number of thiazole rings is 1. The number of fused-ring (bicyclic) bond motifs is 1. The summed E-state index contributed by atoms with van der Waals surface area (Å²) in [5, 5.41) is 4.76. The molecule has 0 atom stereocenters. The minimum absolute atomic E-state index is 0.243. The van der Waals surface area contributed by atoms with Gasteiger partial charge in [0.05, 0.1) is 16.8 Å². The molecule has 0 fully saturated rings. The van der Waals surface area contributed by atoms with Gasteiger partial charge < -0.3 is 9.64 Å². The minimum atomic E-state index is -0.508. The van der Waals surface area contributed by atoms with Crippen LogP contribution in [0.25, 0.3) is 10.2 Å². The third-order valence-electron chi connectivity index (χ3n) is 3.42. The average molecular weight is 396 g/mol. The van der Waals surface area contributed by atoms with Crippen molar-refractivity contribution in [1.82, 2.24) is 4.98 Å². The molecule has 0 saturated heterocycles. The summed E-state index contributed by atoms with van der Waals surface area (Å²) in [7, 11) is 1.90. The zero-order chi connectivity index (χ0) is 17.8. The van der Waals surface area contributed by atoms with Crippen LogP contribution >= 0.6 is 34.5 Å². The number of nitrogens with zero attached hydrogens (tertiary/aromatic N) is 2. The Hall–Kier alpha value is -2.02. The fourth-order valence-corrected chi connectivity index (χ4v) is 3.34. The minimum Gasteiger partial charge on any atom is -0.447 e. The summed E-state index contributed by atoms with van der Waals surface area (Å²) in [4.78, 5) is 18.3. The first kappa shape index (κ1) is 17.8. The van der Waals surface area contributed by atoms with E-state index in [0.29, 0.717) is 22.3 Å². The summed E-state index contributed by atoms with van der Waals surface area (Å²) in [6, 6.07) is 12.4. The molecule has 1 N–H and O–H groups in total. The van der Waals surface area contributed by atoms with Gasteiger partial charge in [-0.05, 0) is 42.5 Å². The SMILES string of the molecule is CN(CCOC(=O)Nc1ccc(Cl)cc1)c1nc2cc(Cl)ccc2s1. The van der Waals surface area contributed by atoms with Crippen molar-refractivity contribution in [2.24, 2.45) is 0 Å². The van der Waals surface area contributed by atoms with Crippen LogP contribution in [0, 0.1) is 0 Å². The number of aromatic nitrogens is 1. The van der Waals surface area contributed by atoms with Crippen LogP contribution in [-0.4, -0.2) is 31.3 Å². The normalized spacial score (nSPS) is 10.7. The smallest absolute Gasteiger partial charge is 0.411 e. The third kappa shape index (κ3) is 4.75. The Morgan fingerprint density at radius 3 is 2.68 bits per heavy atom. The Morgan fingerprint density at radius 1 is 1.20 bits per heavy atom. The highest BCUT2D eigenvalue weighted by Gasteiger charge is 2.10. The molecule has 0 unspecified atom stereocenters. The quantitative estimate of drug-likeness (QED) is 0.637. The zero-order valence-electron chi connectivity index (χ0n) is 13.3. The Bertz CT molecular complexity index is 883. The molecule has 0 aliphatic heterocycles. The summed E-state index contributed by atoms with van der Waals surface area (Å²) in [5.74, 6) is 0. The van der Waals surface area contributed by atoms with Crippen LogP contribution in [0.5, 0.6) is 0 Å². The number of carbonyl (C=O) groups excluding carboxylic acids is 1. The van der Waals surface area contributed by atoms with E-state index in [9.17, 15) is 4.79 Å². The van der Waals surface area contributed by atoms with Crippen LogP contribution < -0.4 is 10.2 Å². The number of rotatable bonds is 5. The van der Waals surface area contributed by atoms with E-state index < -0.39 is 6.09 Å². The van der Waals surface area contributed by atoms with E-state index in [1.165, 1.54) is 0 Å². The molecule has 1 amide bonds. The molecule has 0 aliphatic rings. The van der Waals surface area contributed by atoms with Gasteiger partial charge in [-0.2, -0.15) is 0 Å². The van der Waals surface area contributed by atoms with Gasteiger partial charge in [0, 0.05) is 22.8 Å². The molecule has 5 nitrogen and oxygen atoms in total. The lowest BCUT2D eigenvalue weighted by Gasteiger charge is -2.15. The van der Waals surface area contributed by atoms with Gasteiger partial charge in [0.1, 0.15) is 6.61 Å². The van der Waals surface area contributed by atoms with Crippen molar-refractivity contribution in [2.45, 2.75) is 0 Å². The molecule has 1 aromatic heterocycles. The molecule has 8 heteroatoms. The number of likely N-dealkylation sites (N-methyl/N-ethyl adjacent to an activating group) is 1. The predicted octanol–water partition coefficient (Wildman–Crippen LogP) is 5.29. The molecule has 130 valence electrons. The lowest BCUT2D eigenvalue weighted by atomic mass is 10.3. The second-order valence-corrected chi connectivity index (χ2v) is 7.18. The molecule has 0 saturated carbocycles. The van der Waals surface area contributed by atoms with Crippen molar-refractivity contribution in [1.29, 1.82) is 0 Å². The second kappa shape index (κ2) is 7.91. The highest BCUT2D eigenvalue weighted by Crippen LogP contribution is 2.29. The number of carbonyl (C=O) groups is 1. The lowest BCUT2D eigenvalue weighted by molar-refractivity contribution is 0.164. The van der Waals surface area contributed by atoms with Gasteiger partial charge in [-0.1, -0.05) is 34.5 Å². The van der Waals surface area contributed by atoms with Crippen LogP contribution in [0.1, 0.15) is 0 Å². The molecule has 2 aromatic carbocycles. The second-order valence-electron chi connectivity index (χ2n) is 5.30. The molecule has 1 heterocycles. The van der Waals surface area contributed by atoms with Crippen LogP contribution in [-0.2, 0) is 4.74 Å². The molecular formula is C17H15Cl2N3O2S. The summed E-state index contributed by atoms with van der Waals surface area (Å²) in [5.41, 5.74) is 1.49. The van der Waals surface area contributed by atoms with E-state index in [-0.39, 0.29) is 6.61 Å². The number of benzene rings is 2. The summed E-state index contributed by atoms with van der Waals surface area (Å²) in [6.07, 6.45) is -0.508. The van der Waals surface area contributed by atoms with Crippen molar-refractivity contribution in [2.75, 3.05) is 30.4 Å². The van der Waals surface area contributed by atoms with Crippen LogP contribution in [0.2, 0.25) is 10.0 Å². The predicted molar refractivity (Wildman–Crippen MR) is 104 cm³/mol.